The molecule has 1 aliphatic heterocycles. The van der Waals surface area contributed by atoms with E-state index in [9.17, 15) is 0 Å². The molecule has 72 valence electrons. The van der Waals surface area contributed by atoms with Crippen LogP contribution in [0, 0.1) is 0 Å². The lowest BCUT2D eigenvalue weighted by molar-refractivity contribution is 1.27. The Morgan fingerprint density at radius 1 is 1.00 bits per heavy atom. The fourth-order valence-corrected chi connectivity index (χ4v) is 1.74. The maximum atomic E-state index is 4.29. The third kappa shape index (κ3) is 1.42. The number of aromatic nitrogens is 2. The van der Waals surface area contributed by atoms with Crippen LogP contribution in [0.4, 0.5) is 0 Å². The van der Waals surface area contributed by atoms with E-state index in [0.717, 1.165) is 17.5 Å². The highest BCUT2D eigenvalue weighted by molar-refractivity contribution is 5.81. The zero-order valence-corrected chi connectivity index (χ0v) is 8.09. The second-order valence-electron chi connectivity index (χ2n) is 3.45. The first-order valence-corrected chi connectivity index (χ1v) is 4.85. The fourth-order valence-electron chi connectivity index (χ4n) is 1.74. The first kappa shape index (κ1) is 8.29. The van der Waals surface area contributed by atoms with Crippen molar-refractivity contribution in [1.82, 2.24) is 9.97 Å². The van der Waals surface area contributed by atoms with Crippen molar-refractivity contribution in [3.8, 4) is 0 Å². The van der Waals surface area contributed by atoms with E-state index in [2.05, 4.69) is 27.1 Å². The third-order valence-electron chi connectivity index (χ3n) is 2.49. The number of aliphatic imine (C=N–C) groups is 1. The van der Waals surface area contributed by atoms with E-state index in [1.165, 1.54) is 11.1 Å². The molecule has 2 heterocycles. The molecule has 0 spiro atoms. The summed E-state index contributed by atoms with van der Waals surface area (Å²) in [7, 11) is 0. The van der Waals surface area contributed by atoms with Gasteiger partial charge in [0, 0.05) is 31.2 Å². The first-order valence-electron chi connectivity index (χ1n) is 4.85. The van der Waals surface area contributed by atoms with Gasteiger partial charge in [-0.3, -0.25) is 15.0 Å². The summed E-state index contributed by atoms with van der Waals surface area (Å²) in [5.41, 5.74) is 4.31. The van der Waals surface area contributed by atoms with Gasteiger partial charge in [0.25, 0.3) is 0 Å². The van der Waals surface area contributed by atoms with E-state index in [1.54, 1.807) is 12.4 Å². The van der Waals surface area contributed by atoms with Gasteiger partial charge in [-0.05, 0) is 29.3 Å². The molecular formula is C12H9N3. The predicted octanol–water partition coefficient (Wildman–Crippen LogP) is 2.23. The summed E-state index contributed by atoms with van der Waals surface area (Å²) in [6, 6.07) is 4.14. The van der Waals surface area contributed by atoms with Gasteiger partial charge in [-0.25, -0.2) is 0 Å². The van der Waals surface area contributed by atoms with Gasteiger partial charge < -0.3 is 0 Å². The second-order valence-corrected chi connectivity index (χ2v) is 3.45. The van der Waals surface area contributed by atoms with Crippen LogP contribution in [0.3, 0.4) is 0 Å². The van der Waals surface area contributed by atoms with Gasteiger partial charge in [0.05, 0.1) is 11.0 Å². The van der Waals surface area contributed by atoms with Crippen molar-refractivity contribution in [2.24, 2.45) is 4.99 Å². The summed E-state index contributed by atoms with van der Waals surface area (Å²) in [6.07, 6.45) is 10.0. The van der Waals surface area contributed by atoms with Crippen molar-refractivity contribution in [2.45, 2.75) is 6.42 Å². The van der Waals surface area contributed by atoms with Crippen LogP contribution in [0.25, 0.3) is 17.1 Å². The SMILES string of the molecule is C1=Cc2cc3nccnc3cc2CC=N1. The van der Waals surface area contributed by atoms with Gasteiger partial charge in [-0.2, -0.15) is 0 Å². The van der Waals surface area contributed by atoms with Gasteiger partial charge in [-0.1, -0.05) is 0 Å². The third-order valence-corrected chi connectivity index (χ3v) is 2.49. The molecule has 1 aromatic carbocycles. The Balaban J connectivity index is 2.31. The van der Waals surface area contributed by atoms with Crippen LogP contribution in [-0.2, 0) is 6.42 Å². The molecule has 0 fully saturated rings. The molecule has 1 aliphatic rings. The standard InChI is InChI=1S/C12H9N3/c1-3-13-4-2-10-8-12-11(7-9(1)10)14-5-6-15-12/h1,3-8H,2H2. The van der Waals surface area contributed by atoms with Crippen LogP contribution >= 0.6 is 0 Å². The Morgan fingerprint density at radius 2 is 1.80 bits per heavy atom. The highest BCUT2D eigenvalue weighted by atomic mass is 14.8. The maximum absolute atomic E-state index is 4.29. The van der Waals surface area contributed by atoms with Gasteiger partial charge in [0.2, 0.25) is 0 Å². The van der Waals surface area contributed by atoms with E-state index in [-0.39, 0.29) is 0 Å². The van der Waals surface area contributed by atoms with Crippen molar-refractivity contribution in [3.63, 3.8) is 0 Å². The molecule has 0 amide bonds. The Morgan fingerprint density at radius 3 is 2.67 bits per heavy atom. The Bertz CT molecular complexity index is 570. The fraction of sp³-hybridized carbons (Fsp3) is 0.0833. The van der Waals surface area contributed by atoms with Crippen LogP contribution in [0.2, 0.25) is 0 Å². The molecule has 15 heavy (non-hydrogen) atoms. The average Bonchev–Trinajstić information content (AvgIpc) is 2.50. The average molecular weight is 195 g/mol. The topological polar surface area (TPSA) is 38.1 Å². The molecule has 0 aliphatic carbocycles. The highest BCUT2D eigenvalue weighted by Gasteiger charge is 2.04. The summed E-state index contributed by atoms with van der Waals surface area (Å²) in [6.45, 7) is 0. The van der Waals surface area contributed by atoms with Crippen LogP contribution in [0.1, 0.15) is 11.1 Å². The Hall–Kier alpha value is -2.03. The molecule has 0 N–H and O–H groups in total. The molecule has 0 atom stereocenters. The van der Waals surface area contributed by atoms with Gasteiger partial charge >= 0.3 is 0 Å². The zero-order valence-electron chi connectivity index (χ0n) is 8.09. The van der Waals surface area contributed by atoms with Crippen molar-refractivity contribution in [2.75, 3.05) is 0 Å². The first-order chi connectivity index (χ1) is 7.43. The van der Waals surface area contributed by atoms with Gasteiger partial charge in [0.15, 0.2) is 0 Å². The lowest BCUT2D eigenvalue weighted by atomic mass is 10.0. The zero-order chi connectivity index (χ0) is 10.1. The molecule has 0 radical (unpaired) electrons. The van der Waals surface area contributed by atoms with E-state index >= 15 is 0 Å². The van der Waals surface area contributed by atoms with E-state index in [0.29, 0.717) is 0 Å². The van der Waals surface area contributed by atoms with Crippen LogP contribution in [-0.4, -0.2) is 16.2 Å². The maximum Gasteiger partial charge on any atom is 0.0892 e. The minimum Gasteiger partial charge on any atom is -0.269 e. The lowest BCUT2D eigenvalue weighted by Crippen LogP contribution is -1.92. The van der Waals surface area contributed by atoms with Gasteiger partial charge in [0.1, 0.15) is 0 Å². The molecule has 3 heteroatoms. The number of nitrogens with zero attached hydrogens (tertiary/aromatic N) is 3. The summed E-state index contributed by atoms with van der Waals surface area (Å²) >= 11 is 0. The van der Waals surface area contributed by atoms with Crippen LogP contribution in [0.15, 0.2) is 35.7 Å². The van der Waals surface area contributed by atoms with Crippen molar-refractivity contribution in [3.05, 3.63) is 41.9 Å². The normalized spacial score (nSPS) is 13.9. The van der Waals surface area contributed by atoms with Crippen LogP contribution in [0.5, 0.6) is 0 Å². The number of fused-ring (bicyclic) bond motifs is 2. The lowest BCUT2D eigenvalue weighted by Gasteiger charge is -2.03. The minimum atomic E-state index is 0.856. The molecule has 3 rings (SSSR count). The van der Waals surface area contributed by atoms with Crippen molar-refractivity contribution >= 4 is 23.3 Å². The highest BCUT2D eigenvalue weighted by Crippen LogP contribution is 2.19. The van der Waals surface area contributed by atoms with E-state index in [1.807, 2.05) is 18.5 Å². The molecule has 0 unspecified atom stereocenters. The number of hydrogen-bond acceptors (Lipinski definition) is 3. The van der Waals surface area contributed by atoms with Crippen molar-refractivity contribution in [1.29, 1.82) is 0 Å². The summed E-state index contributed by atoms with van der Waals surface area (Å²) in [5.74, 6) is 0. The van der Waals surface area contributed by atoms with E-state index < -0.39 is 0 Å². The summed E-state index contributed by atoms with van der Waals surface area (Å²) in [4.78, 5) is 12.7. The smallest absolute Gasteiger partial charge is 0.0892 e. The summed E-state index contributed by atoms with van der Waals surface area (Å²) < 4.78 is 0. The summed E-state index contributed by atoms with van der Waals surface area (Å²) in [5, 5.41) is 0. The largest absolute Gasteiger partial charge is 0.269 e. The van der Waals surface area contributed by atoms with E-state index in [4.69, 9.17) is 0 Å². The Labute approximate surface area is 87.2 Å². The molecule has 2 aromatic rings. The molecular weight excluding hydrogens is 186 g/mol. The monoisotopic (exact) mass is 195 g/mol. The molecule has 3 nitrogen and oxygen atoms in total. The number of hydrogen-bond donors (Lipinski definition) is 0. The quantitative estimate of drug-likeness (QED) is 0.646. The minimum absolute atomic E-state index is 0.856. The molecule has 0 saturated carbocycles. The molecule has 0 saturated heterocycles. The van der Waals surface area contributed by atoms with Crippen LogP contribution < -0.4 is 0 Å². The van der Waals surface area contributed by atoms with Crippen molar-refractivity contribution < 1.29 is 0 Å². The Kier molecular flexibility index (Phi) is 1.81. The van der Waals surface area contributed by atoms with Gasteiger partial charge in [-0.15, -0.1) is 0 Å². The number of benzene rings is 1. The molecule has 1 aromatic heterocycles. The number of rotatable bonds is 0. The second kappa shape index (κ2) is 3.28. The predicted molar refractivity (Wildman–Crippen MR) is 60.8 cm³/mol. The molecule has 0 bridgehead atoms.